The number of carbonyl (C=O) groups excluding carboxylic acids is 1. The summed E-state index contributed by atoms with van der Waals surface area (Å²) < 4.78 is 2.02. The molecule has 2 heterocycles. The van der Waals surface area contributed by atoms with E-state index in [-0.39, 0.29) is 23.7 Å². The molecule has 2 aromatic rings. The maximum Gasteiger partial charge on any atom is 0.332 e. The minimum atomic E-state index is -0.643. The summed E-state index contributed by atoms with van der Waals surface area (Å²) in [4.78, 5) is 38.6. The van der Waals surface area contributed by atoms with Gasteiger partial charge in [0.1, 0.15) is 24.5 Å². The zero-order valence-electron chi connectivity index (χ0n) is 13.7. The van der Waals surface area contributed by atoms with Gasteiger partial charge in [-0.3, -0.25) is 18.7 Å². The second-order valence-corrected chi connectivity index (χ2v) is 6.73. The number of carbonyl (C=O) groups is 1. The molecule has 23 heavy (non-hydrogen) atoms. The first-order chi connectivity index (χ1) is 10.7. The predicted molar refractivity (Wildman–Crippen MR) is 90.2 cm³/mol. The van der Waals surface area contributed by atoms with Crippen molar-refractivity contribution in [3.05, 3.63) is 48.3 Å². The summed E-state index contributed by atoms with van der Waals surface area (Å²) in [5, 5.41) is 2.01. The molecule has 0 saturated carbocycles. The highest BCUT2D eigenvalue weighted by molar-refractivity contribution is 7.10. The van der Waals surface area contributed by atoms with E-state index in [2.05, 4.69) is 0 Å². The first-order valence-corrected chi connectivity index (χ1v) is 8.05. The fourth-order valence-corrected chi connectivity index (χ4v) is 3.43. The Morgan fingerprint density at radius 1 is 1.30 bits per heavy atom. The molecule has 0 aliphatic heterocycles. The fourth-order valence-electron chi connectivity index (χ4n) is 2.41. The number of nitrogens with one attached hydrogen (secondary N) is 1. The highest BCUT2D eigenvalue weighted by atomic mass is 32.1. The number of quaternary nitrogens is 1. The Hall–Kier alpha value is -2.19. The van der Waals surface area contributed by atoms with Crippen molar-refractivity contribution in [2.24, 2.45) is 14.1 Å². The maximum absolute atomic E-state index is 12.5. The largest absolute Gasteiger partial charge is 0.384 e. The van der Waals surface area contributed by atoms with Gasteiger partial charge in [0.05, 0.1) is 11.9 Å². The van der Waals surface area contributed by atoms with Crippen molar-refractivity contribution in [2.75, 3.05) is 19.3 Å². The van der Waals surface area contributed by atoms with Gasteiger partial charge in [0.2, 0.25) is 5.78 Å². The zero-order chi connectivity index (χ0) is 17.3. The minimum Gasteiger partial charge on any atom is -0.384 e. The van der Waals surface area contributed by atoms with Gasteiger partial charge in [-0.2, -0.15) is 0 Å². The molecule has 7 nitrogen and oxygen atoms in total. The molecule has 0 radical (unpaired) electrons. The standard InChI is InChI=1S/C15H20N4O3S/c1-9-5-6-23-11(9)8-17(2)7-10(20)12-13(16)18(3)15(22)19(4)14(12)21/h5-6H,7-8,16H2,1-4H3/p+1. The number of hydrogen-bond acceptors (Lipinski definition) is 5. The zero-order valence-corrected chi connectivity index (χ0v) is 14.5. The van der Waals surface area contributed by atoms with E-state index in [0.29, 0.717) is 6.54 Å². The molecule has 1 unspecified atom stereocenters. The number of anilines is 1. The summed E-state index contributed by atoms with van der Waals surface area (Å²) in [5.74, 6) is -0.436. The van der Waals surface area contributed by atoms with Gasteiger partial charge in [-0.05, 0) is 23.9 Å². The minimum absolute atomic E-state index is 0.0804. The number of nitrogens with two attached hydrogens (primary N) is 1. The van der Waals surface area contributed by atoms with E-state index in [1.807, 2.05) is 25.4 Å². The summed E-state index contributed by atoms with van der Waals surface area (Å²) >= 11 is 1.65. The summed E-state index contributed by atoms with van der Waals surface area (Å²) in [6.07, 6.45) is 0. The molecule has 8 heteroatoms. The number of hydrogen-bond donors (Lipinski definition) is 2. The number of nitrogens with zero attached hydrogens (tertiary/aromatic N) is 2. The third kappa shape index (κ3) is 3.27. The highest BCUT2D eigenvalue weighted by Crippen LogP contribution is 2.13. The van der Waals surface area contributed by atoms with Crippen LogP contribution < -0.4 is 21.9 Å². The SMILES string of the molecule is Cc1ccsc1C[NH+](C)CC(=O)c1c(N)n(C)c(=O)n(C)c1=O. The monoisotopic (exact) mass is 337 g/mol. The van der Waals surface area contributed by atoms with Crippen LogP contribution in [0.5, 0.6) is 0 Å². The van der Waals surface area contributed by atoms with Gasteiger partial charge < -0.3 is 10.6 Å². The van der Waals surface area contributed by atoms with Crippen molar-refractivity contribution in [1.29, 1.82) is 0 Å². The van der Waals surface area contributed by atoms with Crippen LogP contribution in [0.25, 0.3) is 0 Å². The van der Waals surface area contributed by atoms with Gasteiger partial charge in [0, 0.05) is 14.1 Å². The fraction of sp³-hybridized carbons (Fsp3) is 0.400. The number of likely N-dealkylation sites (N-methyl/N-ethyl adjacent to an activating group) is 1. The van der Waals surface area contributed by atoms with Crippen molar-refractivity contribution >= 4 is 22.9 Å². The Morgan fingerprint density at radius 3 is 2.52 bits per heavy atom. The lowest BCUT2D eigenvalue weighted by Gasteiger charge is -2.15. The van der Waals surface area contributed by atoms with Crippen LogP contribution in [0.4, 0.5) is 5.82 Å². The predicted octanol–water partition coefficient (Wildman–Crippen LogP) is -1.07. The molecular weight excluding hydrogens is 316 g/mol. The normalized spacial score (nSPS) is 12.3. The molecule has 0 aromatic carbocycles. The maximum atomic E-state index is 12.5. The number of nitrogen functional groups attached to an aromatic ring is 1. The Balaban J connectivity index is 2.27. The summed E-state index contributed by atoms with van der Waals surface area (Å²) in [6, 6.07) is 2.04. The van der Waals surface area contributed by atoms with Crippen LogP contribution in [0.3, 0.4) is 0 Å². The van der Waals surface area contributed by atoms with Gasteiger partial charge in [0.25, 0.3) is 5.56 Å². The van der Waals surface area contributed by atoms with E-state index in [0.717, 1.165) is 14.0 Å². The molecule has 0 fully saturated rings. The van der Waals surface area contributed by atoms with Crippen LogP contribution >= 0.6 is 11.3 Å². The number of aromatic nitrogens is 2. The van der Waals surface area contributed by atoms with Crippen molar-refractivity contribution in [2.45, 2.75) is 13.5 Å². The number of thiophene rings is 1. The average Bonchev–Trinajstić information content (AvgIpc) is 2.88. The molecule has 2 rings (SSSR count). The lowest BCUT2D eigenvalue weighted by Crippen LogP contribution is -3.08. The second-order valence-electron chi connectivity index (χ2n) is 5.73. The quantitative estimate of drug-likeness (QED) is 0.680. The van der Waals surface area contributed by atoms with Crippen LogP contribution in [-0.4, -0.2) is 28.5 Å². The Morgan fingerprint density at radius 2 is 1.96 bits per heavy atom. The van der Waals surface area contributed by atoms with Crippen molar-refractivity contribution < 1.29 is 9.69 Å². The van der Waals surface area contributed by atoms with Crippen LogP contribution in [0.2, 0.25) is 0 Å². The van der Waals surface area contributed by atoms with E-state index in [1.54, 1.807) is 11.3 Å². The van der Waals surface area contributed by atoms with Gasteiger partial charge in [0.15, 0.2) is 0 Å². The Labute approximate surface area is 137 Å². The number of Topliss-reactive ketones (excluding diaryl/α,β-unsaturated/α-hetero) is 1. The van der Waals surface area contributed by atoms with Crippen LogP contribution in [0.1, 0.15) is 20.8 Å². The Kier molecular flexibility index (Phi) is 4.86. The Bertz CT molecular complexity index is 863. The molecular formula is C15H21N4O3S+. The van der Waals surface area contributed by atoms with Crippen LogP contribution in [-0.2, 0) is 20.6 Å². The highest BCUT2D eigenvalue weighted by Gasteiger charge is 2.23. The summed E-state index contributed by atoms with van der Waals surface area (Å²) in [6.45, 7) is 2.86. The number of ketones is 1. The second kappa shape index (κ2) is 6.51. The topological polar surface area (TPSA) is 91.5 Å². The van der Waals surface area contributed by atoms with E-state index in [4.69, 9.17) is 5.73 Å². The van der Waals surface area contributed by atoms with Crippen LogP contribution in [0, 0.1) is 6.92 Å². The van der Waals surface area contributed by atoms with Crippen molar-refractivity contribution in [3.63, 3.8) is 0 Å². The molecule has 0 spiro atoms. The summed E-state index contributed by atoms with van der Waals surface area (Å²) in [7, 11) is 4.67. The van der Waals surface area contributed by atoms with Gasteiger partial charge in [-0.15, -0.1) is 11.3 Å². The van der Waals surface area contributed by atoms with Crippen molar-refractivity contribution in [1.82, 2.24) is 9.13 Å². The number of aryl methyl sites for hydroxylation is 1. The van der Waals surface area contributed by atoms with Crippen molar-refractivity contribution in [3.8, 4) is 0 Å². The molecule has 124 valence electrons. The van der Waals surface area contributed by atoms with E-state index in [9.17, 15) is 14.4 Å². The molecule has 2 aromatic heterocycles. The first kappa shape index (κ1) is 17.2. The van der Waals surface area contributed by atoms with Crippen LogP contribution in [0.15, 0.2) is 21.0 Å². The lowest BCUT2D eigenvalue weighted by molar-refractivity contribution is -0.884. The molecule has 0 saturated heterocycles. The van der Waals surface area contributed by atoms with E-state index in [1.165, 1.54) is 24.5 Å². The van der Waals surface area contributed by atoms with Gasteiger partial charge in [-0.25, -0.2) is 4.79 Å². The first-order valence-electron chi connectivity index (χ1n) is 7.17. The smallest absolute Gasteiger partial charge is 0.332 e. The third-order valence-electron chi connectivity index (χ3n) is 3.88. The number of rotatable bonds is 5. The third-order valence-corrected chi connectivity index (χ3v) is 4.90. The van der Waals surface area contributed by atoms with E-state index >= 15 is 0 Å². The molecule has 0 bridgehead atoms. The summed E-state index contributed by atoms with van der Waals surface area (Å²) in [5.41, 5.74) is 5.71. The molecule has 3 N–H and O–H groups in total. The van der Waals surface area contributed by atoms with Gasteiger partial charge >= 0.3 is 5.69 Å². The lowest BCUT2D eigenvalue weighted by atomic mass is 10.1. The van der Waals surface area contributed by atoms with Gasteiger partial charge in [-0.1, -0.05) is 0 Å². The van der Waals surface area contributed by atoms with E-state index < -0.39 is 11.2 Å². The molecule has 0 aliphatic carbocycles. The average molecular weight is 337 g/mol. The molecule has 0 aliphatic rings. The molecule has 0 amide bonds. The molecule has 1 atom stereocenters.